The van der Waals surface area contributed by atoms with E-state index in [9.17, 15) is 0 Å². The second-order valence-electron chi connectivity index (χ2n) is 1.74. The highest BCUT2D eigenvalue weighted by molar-refractivity contribution is 6.29. The van der Waals surface area contributed by atoms with E-state index in [1.165, 1.54) is 6.20 Å². The van der Waals surface area contributed by atoms with Crippen LogP contribution in [0.3, 0.4) is 0 Å². The third kappa shape index (κ3) is 1.74. The largest absolute Gasteiger partial charge is 0.405 e. The van der Waals surface area contributed by atoms with Crippen LogP contribution < -0.4 is 5.73 Å². The van der Waals surface area contributed by atoms with Gasteiger partial charge in [-0.15, -0.1) is 0 Å². The number of nitrogens with two attached hydrogens (primary N) is 1. The lowest BCUT2D eigenvalue weighted by Gasteiger charge is -1.90. The Kier molecular flexibility index (Phi) is 2.29. The molecule has 0 unspecified atom stereocenters. The van der Waals surface area contributed by atoms with Crippen molar-refractivity contribution in [3.8, 4) is 0 Å². The molecule has 3 heteroatoms. The molecule has 0 aliphatic heterocycles. The second kappa shape index (κ2) is 3.22. The smallest absolute Gasteiger partial charge is 0.129 e. The maximum absolute atomic E-state index is 5.59. The number of pyridine rings is 1. The van der Waals surface area contributed by atoms with Crippen LogP contribution in [0.15, 0.2) is 24.4 Å². The van der Waals surface area contributed by atoms with Gasteiger partial charge in [0.05, 0.1) is 5.69 Å². The monoisotopic (exact) mass is 154 g/mol. The summed E-state index contributed by atoms with van der Waals surface area (Å²) in [5, 5.41) is 0.482. The van der Waals surface area contributed by atoms with Gasteiger partial charge < -0.3 is 5.73 Å². The minimum atomic E-state index is 0.482. The molecule has 1 rings (SSSR count). The molecule has 2 N–H and O–H groups in total. The summed E-state index contributed by atoms with van der Waals surface area (Å²) in [6, 6.07) is 5.37. The molecule has 0 saturated heterocycles. The van der Waals surface area contributed by atoms with E-state index in [1.807, 2.05) is 12.1 Å². The van der Waals surface area contributed by atoms with Crippen molar-refractivity contribution in [1.29, 1.82) is 0 Å². The van der Waals surface area contributed by atoms with E-state index in [1.54, 1.807) is 12.1 Å². The molecule has 1 aromatic heterocycles. The van der Waals surface area contributed by atoms with Gasteiger partial charge in [-0.05, 0) is 24.4 Å². The lowest BCUT2D eigenvalue weighted by Crippen LogP contribution is -1.82. The molecule has 0 bridgehead atoms. The van der Waals surface area contributed by atoms with Gasteiger partial charge in [-0.25, -0.2) is 4.98 Å². The number of hydrogen-bond acceptors (Lipinski definition) is 2. The van der Waals surface area contributed by atoms with Crippen molar-refractivity contribution in [2.75, 3.05) is 0 Å². The summed E-state index contributed by atoms with van der Waals surface area (Å²) in [6.45, 7) is 0. The van der Waals surface area contributed by atoms with E-state index < -0.39 is 0 Å². The summed E-state index contributed by atoms with van der Waals surface area (Å²) in [7, 11) is 0. The van der Waals surface area contributed by atoms with Crippen LogP contribution in [0, 0.1) is 0 Å². The molecule has 0 radical (unpaired) electrons. The molecule has 0 aliphatic carbocycles. The average Bonchev–Trinajstić information content (AvgIpc) is 1.88. The lowest BCUT2D eigenvalue weighted by atomic mass is 10.3. The predicted octanol–water partition coefficient (Wildman–Crippen LogP) is 1.66. The molecular weight excluding hydrogens is 148 g/mol. The van der Waals surface area contributed by atoms with Gasteiger partial charge >= 0.3 is 0 Å². The van der Waals surface area contributed by atoms with Crippen LogP contribution >= 0.6 is 11.6 Å². The van der Waals surface area contributed by atoms with Gasteiger partial charge in [0.1, 0.15) is 5.15 Å². The fourth-order valence-electron chi connectivity index (χ4n) is 0.615. The number of nitrogens with zero attached hydrogens (tertiary/aromatic N) is 1. The minimum Gasteiger partial charge on any atom is -0.405 e. The number of rotatable bonds is 1. The van der Waals surface area contributed by atoms with Crippen LogP contribution in [0.2, 0.25) is 5.15 Å². The van der Waals surface area contributed by atoms with Crippen molar-refractivity contribution in [2.24, 2.45) is 5.73 Å². The molecule has 0 atom stereocenters. The SMILES string of the molecule is N/C=C\c1cccc(Cl)n1. The van der Waals surface area contributed by atoms with Crippen molar-refractivity contribution in [2.45, 2.75) is 0 Å². The van der Waals surface area contributed by atoms with Gasteiger partial charge in [0.2, 0.25) is 0 Å². The lowest BCUT2D eigenvalue weighted by molar-refractivity contribution is 1.29. The molecule has 52 valence electrons. The van der Waals surface area contributed by atoms with Gasteiger partial charge in [0.15, 0.2) is 0 Å². The number of halogens is 1. The van der Waals surface area contributed by atoms with Gasteiger partial charge in [-0.3, -0.25) is 0 Å². The van der Waals surface area contributed by atoms with Crippen molar-refractivity contribution in [3.63, 3.8) is 0 Å². The van der Waals surface area contributed by atoms with Crippen molar-refractivity contribution < 1.29 is 0 Å². The molecule has 1 heterocycles. The first-order valence-electron chi connectivity index (χ1n) is 2.84. The van der Waals surface area contributed by atoms with Crippen LogP contribution in [-0.2, 0) is 0 Å². The quantitative estimate of drug-likeness (QED) is 0.625. The molecule has 10 heavy (non-hydrogen) atoms. The maximum Gasteiger partial charge on any atom is 0.129 e. The number of hydrogen-bond donors (Lipinski definition) is 1. The summed E-state index contributed by atoms with van der Waals surface area (Å²) < 4.78 is 0. The highest BCUT2D eigenvalue weighted by atomic mass is 35.5. The first kappa shape index (κ1) is 7.09. The molecule has 0 amide bonds. The van der Waals surface area contributed by atoms with Gasteiger partial charge in [-0.2, -0.15) is 0 Å². The van der Waals surface area contributed by atoms with E-state index >= 15 is 0 Å². The molecule has 0 saturated carbocycles. The van der Waals surface area contributed by atoms with E-state index in [-0.39, 0.29) is 0 Å². The minimum absolute atomic E-state index is 0.482. The Hall–Kier alpha value is -1.02. The molecule has 0 spiro atoms. The summed E-state index contributed by atoms with van der Waals surface area (Å²) >= 11 is 5.59. The third-order valence-electron chi connectivity index (χ3n) is 1.00. The van der Waals surface area contributed by atoms with Crippen LogP contribution in [0.4, 0.5) is 0 Å². The summed E-state index contributed by atoms with van der Waals surface area (Å²) in [6.07, 6.45) is 3.12. The van der Waals surface area contributed by atoms with Gasteiger partial charge in [0.25, 0.3) is 0 Å². The summed E-state index contributed by atoms with van der Waals surface area (Å²) in [4.78, 5) is 3.96. The van der Waals surface area contributed by atoms with Crippen LogP contribution in [-0.4, -0.2) is 4.98 Å². The Morgan fingerprint density at radius 2 is 2.30 bits per heavy atom. The molecule has 1 aromatic rings. The third-order valence-corrected chi connectivity index (χ3v) is 1.21. The highest BCUT2D eigenvalue weighted by Crippen LogP contribution is 2.05. The Morgan fingerprint density at radius 1 is 1.50 bits per heavy atom. The van der Waals surface area contributed by atoms with Crippen molar-refractivity contribution in [1.82, 2.24) is 4.98 Å². The van der Waals surface area contributed by atoms with Gasteiger partial charge in [0, 0.05) is 0 Å². The molecular formula is C7H7ClN2. The fraction of sp³-hybridized carbons (Fsp3) is 0. The zero-order valence-corrected chi connectivity index (χ0v) is 6.05. The normalized spacial score (nSPS) is 10.5. The van der Waals surface area contributed by atoms with Crippen molar-refractivity contribution >= 4 is 17.7 Å². The second-order valence-corrected chi connectivity index (χ2v) is 2.13. The Balaban J connectivity index is 2.95. The Bertz CT molecular complexity index is 245. The first-order chi connectivity index (χ1) is 4.83. The van der Waals surface area contributed by atoms with Crippen molar-refractivity contribution in [3.05, 3.63) is 35.2 Å². The first-order valence-corrected chi connectivity index (χ1v) is 3.21. The fourth-order valence-corrected chi connectivity index (χ4v) is 0.786. The maximum atomic E-state index is 5.59. The zero-order chi connectivity index (χ0) is 7.40. The topological polar surface area (TPSA) is 38.9 Å². The molecule has 0 fully saturated rings. The Morgan fingerprint density at radius 3 is 2.90 bits per heavy atom. The molecule has 0 aliphatic rings. The van der Waals surface area contributed by atoms with Gasteiger partial charge in [-0.1, -0.05) is 17.7 Å². The Labute approximate surface area is 64.3 Å². The molecule has 0 aromatic carbocycles. The van der Waals surface area contributed by atoms with Crippen LogP contribution in [0.5, 0.6) is 0 Å². The predicted molar refractivity (Wildman–Crippen MR) is 42.5 cm³/mol. The highest BCUT2D eigenvalue weighted by Gasteiger charge is 1.87. The standard InChI is InChI=1S/C7H7ClN2/c8-7-3-1-2-6(10-7)4-5-9/h1-5H,9H2/b5-4-. The number of aromatic nitrogens is 1. The van der Waals surface area contributed by atoms with E-state index in [4.69, 9.17) is 17.3 Å². The zero-order valence-electron chi connectivity index (χ0n) is 5.29. The molecule has 2 nitrogen and oxygen atoms in total. The van der Waals surface area contributed by atoms with Crippen LogP contribution in [0.25, 0.3) is 6.08 Å². The summed E-state index contributed by atoms with van der Waals surface area (Å²) in [5.74, 6) is 0. The van der Waals surface area contributed by atoms with E-state index in [0.717, 1.165) is 5.69 Å². The van der Waals surface area contributed by atoms with E-state index in [2.05, 4.69) is 4.98 Å². The van der Waals surface area contributed by atoms with Crippen LogP contribution in [0.1, 0.15) is 5.69 Å². The summed E-state index contributed by atoms with van der Waals surface area (Å²) in [5.41, 5.74) is 5.92. The van der Waals surface area contributed by atoms with E-state index in [0.29, 0.717) is 5.15 Å². The average molecular weight is 155 g/mol.